The lowest BCUT2D eigenvalue weighted by atomic mass is 10.1. The molecule has 248 valence electrons. The summed E-state index contributed by atoms with van der Waals surface area (Å²) < 4.78 is 16.3. The molecule has 0 spiro atoms. The van der Waals surface area contributed by atoms with E-state index in [4.69, 9.17) is 14.2 Å². The van der Waals surface area contributed by atoms with Gasteiger partial charge in [0.05, 0.1) is 0 Å². The van der Waals surface area contributed by atoms with Gasteiger partial charge in [-0.05, 0) is 57.8 Å². The van der Waals surface area contributed by atoms with E-state index in [2.05, 4.69) is 57.2 Å². The van der Waals surface area contributed by atoms with E-state index in [0.717, 1.165) is 77.0 Å². The van der Waals surface area contributed by atoms with E-state index in [1.807, 2.05) is 0 Å². The van der Waals surface area contributed by atoms with Gasteiger partial charge in [0.2, 0.25) is 0 Å². The first-order valence-corrected chi connectivity index (χ1v) is 17.5. The summed E-state index contributed by atoms with van der Waals surface area (Å²) in [6.07, 6.45) is 33.3. The predicted molar refractivity (Wildman–Crippen MR) is 178 cm³/mol. The molecule has 0 rings (SSSR count). The van der Waals surface area contributed by atoms with Crippen LogP contribution < -0.4 is 0 Å². The Morgan fingerprint density at radius 2 is 0.837 bits per heavy atom. The van der Waals surface area contributed by atoms with E-state index in [0.29, 0.717) is 19.3 Å². The van der Waals surface area contributed by atoms with Crippen LogP contribution in [0.25, 0.3) is 0 Å². The molecule has 0 aromatic heterocycles. The van der Waals surface area contributed by atoms with Gasteiger partial charge in [-0.2, -0.15) is 0 Å². The Labute approximate surface area is 264 Å². The van der Waals surface area contributed by atoms with Crippen molar-refractivity contribution in [3.05, 3.63) is 36.5 Å². The first-order chi connectivity index (χ1) is 21.0. The minimum absolute atomic E-state index is 0.0891. The molecular formula is C37H64O6. The van der Waals surface area contributed by atoms with Crippen molar-refractivity contribution < 1.29 is 28.6 Å². The van der Waals surface area contributed by atoms with Crippen molar-refractivity contribution in [2.45, 2.75) is 168 Å². The molecule has 0 aromatic rings. The van der Waals surface area contributed by atoms with Crippen LogP contribution in [0.3, 0.4) is 0 Å². The van der Waals surface area contributed by atoms with E-state index in [-0.39, 0.29) is 37.5 Å². The Kier molecular flexibility index (Phi) is 30.7. The fourth-order valence-electron chi connectivity index (χ4n) is 4.44. The third-order valence-corrected chi connectivity index (χ3v) is 7.15. The summed E-state index contributed by atoms with van der Waals surface area (Å²) in [7, 11) is 0. The van der Waals surface area contributed by atoms with Crippen molar-refractivity contribution in [3.63, 3.8) is 0 Å². The molecule has 0 amide bonds. The van der Waals surface area contributed by atoms with Gasteiger partial charge >= 0.3 is 17.9 Å². The van der Waals surface area contributed by atoms with Crippen LogP contribution in [0.15, 0.2) is 36.5 Å². The third kappa shape index (κ3) is 30.9. The van der Waals surface area contributed by atoms with Gasteiger partial charge in [0.1, 0.15) is 13.2 Å². The van der Waals surface area contributed by atoms with Gasteiger partial charge in [-0.15, -0.1) is 0 Å². The summed E-state index contributed by atoms with van der Waals surface area (Å²) in [4.78, 5) is 36.8. The van der Waals surface area contributed by atoms with Crippen LogP contribution in [0.2, 0.25) is 0 Å². The highest BCUT2D eigenvalue weighted by atomic mass is 16.6. The highest BCUT2D eigenvalue weighted by molar-refractivity contribution is 5.71. The van der Waals surface area contributed by atoms with E-state index in [9.17, 15) is 14.4 Å². The predicted octanol–water partition coefficient (Wildman–Crippen LogP) is 10.3. The number of ether oxygens (including phenoxy) is 3. The molecule has 0 N–H and O–H groups in total. The highest BCUT2D eigenvalue weighted by Gasteiger charge is 2.19. The molecule has 0 atom stereocenters. The van der Waals surface area contributed by atoms with Gasteiger partial charge in [-0.25, -0.2) is 0 Å². The lowest BCUT2D eigenvalue weighted by Gasteiger charge is -2.18. The van der Waals surface area contributed by atoms with Crippen LogP contribution in [-0.4, -0.2) is 37.2 Å². The summed E-state index contributed by atoms with van der Waals surface area (Å²) >= 11 is 0. The van der Waals surface area contributed by atoms with Crippen LogP contribution in [0, 0.1) is 0 Å². The molecular weight excluding hydrogens is 540 g/mol. The number of hydrogen-bond donors (Lipinski definition) is 0. The number of hydrogen-bond acceptors (Lipinski definition) is 6. The molecule has 0 aliphatic carbocycles. The van der Waals surface area contributed by atoms with Crippen molar-refractivity contribution in [1.29, 1.82) is 0 Å². The van der Waals surface area contributed by atoms with Crippen LogP contribution in [0.4, 0.5) is 0 Å². The lowest BCUT2D eigenvalue weighted by Crippen LogP contribution is -2.30. The summed E-state index contributed by atoms with van der Waals surface area (Å²) in [6, 6.07) is 0. The minimum Gasteiger partial charge on any atom is -0.462 e. The van der Waals surface area contributed by atoms with Crippen molar-refractivity contribution >= 4 is 17.9 Å². The average molecular weight is 605 g/mol. The van der Waals surface area contributed by atoms with Gasteiger partial charge in [-0.1, -0.05) is 121 Å². The monoisotopic (exact) mass is 604 g/mol. The number of rotatable bonds is 30. The van der Waals surface area contributed by atoms with E-state index in [1.165, 1.54) is 38.5 Å². The third-order valence-electron chi connectivity index (χ3n) is 7.15. The van der Waals surface area contributed by atoms with Crippen LogP contribution in [-0.2, 0) is 28.6 Å². The Bertz CT molecular complexity index is 724. The summed E-state index contributed by atoms with van der Waals surface area (Å²) in [6.45, 7) is 6.36. The lowest BCUT2D eigenvalue weighted by molar-refractivity contribution is -0.167. The Morgan fingerprint density at radius 1 is 0.465 bits per heavy atom. The average Bonchev–Trinajstić information content (AvgIpc) is 3.00. The number of carbonyl (C=O) groups is 3. The van der Waals surface area contributed by atoms with E-state index >= 15 is 0 Å². The standard InChI is InChI=1S/C37H64O6/c1-4-7-10-13-14-15-16-17-18-19-20-21-22-25-28-31-37(40)43-34(32-41-35(38)29-26-23-11-8-5-2)33-42-36(39)30-27-24-12-9-6-3/h14-15,17-18,20-21,34H,4-13,16,19,22-33H2,1-3H3/b15-14-,18-17-,21-20-. The van der Waals surface area contributed by atoms with Crippen LogP contribution in [0.5, 0.6) is 0 Å². The summed E-state index contributed by atoms with van der Waals surface area (Å²) in [5.41, 5.74) is 0. The quantitative estimate of drug-likeness (QED) is 0.0351. The zero-order valence-corrected chi connectivity index (χ0v) is 28.0. The Morgan fingerprint density at radius 3 is 1.33 bits per heavy atom. The van der Waals surface area contributed by atoms with Crippen molar-refractivity contribution in [2.75, 3.05) is 13.2 Å². The van der Waals surface area contributed by atoms with Gasteiger partial charge < -0.3 is 14.2 Å². The van der Waals surface area contributed by atoms with Gasteiger partial charge in [0.25, 0.3) is 0 Å². The second-order valence-electron chi connectivity index (χ2n) is 11.4. The van der Waals surface area contributed by atoms with E-state index < -0.39 is 6.10 Å². The van der Waals surface area contributed by atoms with Gasteiger partial charge in [0.15, 0.2) is 6.10 Å². The largest absolute Gasteiger partial charge is 0.462 e. The van der Waals surface area contributed by atoms with Crippen LogP contribution in [0.1, 0.15) is 162 Å². The normalized spacial score (nSPS) is 11.7. The number of unbranched alkanes of at least 4 members (excludes halogenated alkanes) is 13. The molecule has 0 radical (unpaired) electrons. The minimum atomic E-state index is -0.779. The van der Waals surface area contributed by atoms with Gasteiger partial charge in [0, 0.05) is 19.3 Å². The molecule has 6 heteroatoms. The number of carbonyl (C=O) groups excluding carboxylic acids is 3. The van der Waals surface area contributed by atoms with E-state index in [1.54, 1.807) is 0 Å². The molecule has 0 fully saturated rings. The maximum atomic E-state index is 12.5. The van der Waals surface area contributed by atoms with Crippen LogP contribution >= 0.6 is 0 Å². The molecule has 0 aliphatic rings. The number of allylic oxidation sites excluding steroid dienone is 6. The maximum Gasteiger partial charge on any atom is 0.306 e. The molecule has 0 saturated carbocycles. The maximum absolute atomic E-state index is 12.5. The second kappa shape index (κ2) is 32.5. The molecule has 43 heavy (non-hydrogen) atoms. The molecule has 6 nitrogen and oxygen atoms in total. The first kappa shape index (κ1) is 40.6. The second-order valence-corrected chi connectivity index (χ2v) is 11.4. The topological polar surface area (TPSA) is 78.9 Å². The zero-order chi connectivity index (χ0) is 31.6. The van der Waals surface area contributed by atoms with Crippen molar-refractivity contribution in [3.8, 4) is 0 Å². The SMILES string of the molecule is CCCCC/C=C\C/C=C\C/C=C\CCCCC(=O)OC(COC(=O)CCCCCCC)COC(=O)CCCCCCC. The molecule has 0 saturated heterocycles. The molecule has 0 aliphatic heterocycles. The zero-order valence-electron chi connectivity index (χ0n) is 28.0. The highest BCUT2D eigenvalue weighted by Crippen LogP contribution is 2.10. The summed E-state index contributed by atoms with van der Waals surface area (Å²) in [5, 5.41) is 0. The molecule has 0 heterocycles. The smallest absolute Gasteiger partial charge is 0.306 e. The Balaban J connectivity index is 4.34. The Hall–Kier alpha value is -2.37. The van der Waals surface area contributed by atoms with Crippen molar-refractivity contribution in [2.24, 2.45) is 0 Å². The fourth-order valence-corrected chi connectivity index (χ4v) is 4.44. The molecule has 0 unspecified atom stereocenters. The van der Waals surface area contributed by atoms with Crippen molar-refractivity contribution in [1.82, 2.24) is 0 Å². The fraction of sp³-hybridized carbons (Fsp3) is 0.757. The summed E-state index contributed by atoms with van der Waals surface area (Å²) in [5.74, 6) is -0.966. The first-order valence-electron chi connectivity index (χ1n) is 17.5. The van der Waals surface area contributed by atoms with Gasteiger partial charge in [-0.3, -0.25) is 14.4 Å². The molecule has 0 aromatic carbocycles. The molecule has 0 bridgehead atoms. The number of esters is 3.